The lowest BCUT2D eigenvalue weighted by atomic mass is 9.89. The van der Waals surface area contributed by atoms with E-state index in [-0.39, 0.29) is 16.9 Å². The van der Waals surface area contributed by atoms with Crippen molar-refractivity contribution < 1.29 is 14.3 Å². The highest BCUT2D eigenvalue weighted by atomic mass is 28.4. The minimum absolute atomic E-state index is 0.146. The highest BCUT2D eigenvalue weighted by Gasteiger charge is 2.48. The minimum atomic E-state index is -1.89. The van der Waals surface area contributed by atoms with Crippen LogP contribution < -0.4 is 0 Å². The second kappa shape index (κ2) is 8.89. The molecule has 5 heteroatoms. The van der Waals surface area contributed by atoms with Gasteiger partial charge in [0.2, 0.25) is 0 Å². The summed E-state index contributed by atoms with van der Waals surface area (Å²) < 4.78 is 6.62. The molecule has 1 saturated heterocycles. The number of hydrogen-bond donors (Lipinski definition) is 1. The van der Waals surface area contributed by atoms with Crippen LogP contribution in [0.2, 0.25) is 18.1 Å². The number of carboxylic acid groups (broad SMARTS) is 1. The first-order valence-corrected chi connectivity index (χ1v) is 14.1. The number of rotatable bonds is 7. The Hall–Kier alpha value is -1.95. The molecule has 2 unspecified atom stereocenters. The molecule has 1 aliphatic rings. The van der Waals surface area contributed by atoms with Crippen molar-refractivity contribution in [3.8, 4) is 0 Å². The third kappa shape index (κ3) is 4.79. The molecule has 1 N–H and O–H groups in total. The summed E-state index contributed by atoms with van der Waals surface area (Å²) in [5.74, 6) is -0.316. The minimum Gasteiger partial charge on any atom is -0.480 e. The van der Waals surface area contributed by atoms with Gasteiger partial charge in [-0.05, 0) is 36.2 Å². The normalized spacial score (nSPS) is 22.3. The fourth-order valence-corrected chi connectivity index (χ4v) is 5.28. The van der Waals surface area contributed by atoms with E-state index in [0.29, 0.717) is 19.7 Å². The number of likely N-dealkylation sites (tertiary alicyclic amines) is 1. The Kier molecular flexibility index (Phi) is 6.80. The van der Waals surface area contributed by atoms with Crippen molar-refractivity contribution in [2.45, 2.75) is 57.3 Å². The Morgan fingerprint density at radius 1 is 1.00 bits per heavy atom. The molecule has 4 nitrogen and oxygen atoms in total. The molecule has 1 aliphatic heterocycles. The lowest BCUT2D eigenvalue weighted by Crippen LogP contribution is -2.49. The fourth-order valence-electron chi connectivity index (χ4n) is 4.22. The van der Waals surface area contributed by atoms with Crippen molar-refractivity contribution in [1.29, 1.82) is 0 Å². The van der Waals surface area contributed by atoms with Crippen LogP contribution in [0.15, 0.2) is 60.7 Å². The molecule has 1 fully saturated rings. The van der Waals surface area contributed by atoms with E-state index in [1.165, 1.54) is 5.56 Å². The lowest BCUT2D eigenvalue weighted by molar-refractivity contribution is -0.150. The maximum absolute atomic E-state index is 12.5. The molecular weight excluding hydrogens is 402 g/mol. The van der Waals surface area contributed by atoms with Crippen molar-refractivity contribution in [1.82, 2.24) is 4.90 Å². The number of carboxylic acids is 1. The number of aliphatic carboxylic acids is 1. The Balaban J connectivity index is 1.92. The third-order valence-electron chi connectivity index (χ3n) is 7.52. The molecule has 168 valence electrons. The molecule has 3 atom stereocenters. The molecular formula is C26H37NO3Si. The molecule has 31 heavy (non-hydrogen) atoms. The Morgan fingerprint density at radius 2 is 1.55 bits per heavy atom. The van der Waals surface area contributed by atoms with Crippen LogP contribution in [0.1, 0.15) is 44.7 Å². The second-order valence-electron chi connectivity index (χ2n) is 10.5. The zero-order chi connectivity index (χ0) is 22.9. The van der Waals surface area contributed by atoms with Gasteiger partial charge in [0, 0.05) is 31.5 Å². The van der Waals surface area contributed by atoms with Gasteiger partial charge >= 0.3 is 5.97 Å². The smallest absolute Gasteiger partial charge is 0.328 e. The number of benzene rings is 2. The van der Waals surface area contributed by atoms with Gasteiger partial charge in [0.05, 0.1) is 0 Å². The number of hydrogen-bond acceptors (Lipinski definition) is 3. The monoisotopic (exact) mass is 439 g/mol. The average Bonchev–Trinajstić information content (AvgIpc) is 3.17. The Bertz CT molecular complexity index is 879. The van der Waals surface area contributed by atoms with Crippen LogP contribution >= 0.6 is 0 Å². The molecule has 0 amide bonds. The van der Waals surface area contributed by atoms with E-state index in [0.717, 1.165) is 5.56 Å². The summed E-state index contributed by atoms with van der Waals surface area (Å²) in [4.78, 5) is 14.7. The predicted octanol–water partition coefficient (Wildman–Crippen LogP) is 5.72. The van der Waals surface area contributed by atoms with Crippen molar-refractivity contribution in [3.05, 3.63) is 71.8 Å². The van der Waals surface area contributed by atoms with Gasteiger partial charge in [0.1, 0.15) is 5.54 Å². The molecule has 2 aromatic rings. The van der Waals surface area contributed by atoms with E-state index in [9.17, 15) is 9.90 Å². The lowest BCUT2D eigenvalue weighted by Gasteiger charge is -2.38. The standard InChI is InChI=1S/C26H37NO3Si/c1-25(2,3)31(5,6)30-19-21-17-27(18-23(21)20-13-9-7-10-14-20)26(4,24(28)29)22-15-11-8-12-16-22/h7-16,21,23H,17-19H2,1-6H3,(H,28,29)/t21?,23?,26-/m0/s1. The summed E-state index contributed by atoms with van der Waals surface area (Å²) in [6.45, 7) is 15.2. The van der Waals surface area contributed by atoms with Crippen molar-refractivity contribution >= 4 is 14.3 Å². The van der Waals surface area contributed by atoms with E-state index in [1.54, 1.807) is 0 Å². The fraction of sp³-hybridized carbons (Fsp3) is 0.500. The highest BCUT2D eigenvalue weighted by Crippen LogP contribution is 2.42. The van der Waals surface area contributed by atoms with Crippen molar-refractivity contribution in [2.24, 2.45) is 5.92 Å². The van der Waals surface area contributed by atoms with Gasteiger partial charge in [-0.2, -0.15) is 0 Å². The zero-order valence-corrected chi connectivity index (χ0v) is 20.8. The van der Waals surface area contributed by atoms with Crippen LogP contribution in [0.5, 0.6) is 0 Å². The molecule has 0 aromatic heterocycles. The summed E-state index contributed by atoms with van der Waals surface area (Å²) in [5.41, 5.74) is 1.01. The second-order valence-corrected chi connectivity index (χ2v) is 15.3. The van der Waals surface area contributed by atoms with Crippen LogP contribution in [-0.2, 0) is 14.8 Å². The van der Waals surface area contributed by atoms with Crippen LogP contribution in [0.4, 0.5) is 0 Å². The maximum atomic E-state index is 12.5. The maximum Gasteiger partial charge on any atom is 0.328 e. The van der Waals surface area contributed by atoms with E-state index in [1.807, 2.05) is 43.3 Å². The topological polar surface area (TPSA) is 49.8 Å². The van der Waals surface area contributed by atoms with Crippen molar-refractivity contribution in [3.63, 3.8) is 0 Å². The molecule has 0 aliphatic carbocycles. The van der Waals surface area contributed by atoms with Gasteiger partial charge in [-0.25, -0.2) is 4.79 Å². The van der Waals surface area contributed by atoms with Gasteiger partial charge in [0.25, 0.3) is 0 Å². The summed E-state index contributed by atoms with van der Waals surface area (Å²) in [6.07, 6.45) is 0. The van der Waals surface area contributed by atoms with Crippen molar-refractivity contribution in [2.75, 3.05) is 19.7 Å². The summed E-state index contributed by atoms with van der Waals surface area (Å²) in [5, 5.41) is 10.4. The van der Waals surface area contributed by atoms with Gasteiger partial charge < -0.3 is 9.53 Å². The largest absolute Gasteiger partial charge is 0.480 e. The van der Waals surface area contributed by atoms with Crippen LogP contribution in [0.3, 0.4) is 0 Å². The Morgan fingerprint density at radius 3 is 2.06 bits per heavy atom. The molecule has 1 heterocycles. The van der Waals surface area contributed by atoms with E-state index < -0.39 is 19.8 Å². The van der Waals surface area contributed by atoms with Crippen LogP contribution in [0.25, 0.3) is 0 Å². The molecule has 0 spiro atoms. The van der Waals surface area contributed by atoms with Gasteiger partial charge in [-0.1, -0.05) is 81.4 Å². The Labute approximate surface area is 188 Å². The molecule has 2 aromatic carbocycles. The van der Waals surface area contributed by atoms with Gasteiger partial charge in [-0.15, -0.1) is 0 Å². The number of nitrogens with zero attached hydrogens (tertiary/aromatic N) is 1. The van der Waals surface area contributed by atoms with E-state index >= 15 is 0 Å². The SMILES string of the molecule is CC(C)(C)[Si](C)(C)OCC1CN([C@](C)(C(=O)O)c2ccccc2)CC1c1ccccc1. The van der Waals surface area contributed by atoms with Crippen LogP contribution in [-0.4, -0.2) is 44.0 Å². The van der Waals surface area contributed by atoms with Crippen LogP contribution in [0, 0.1) is 5.92 Å². The number of carbonyl (C=O) groups is 1. The summed E-state index contributed by atoms with van der Waals surface area (Å²) in [7, 11) is -1.89. The zero-order valence-electron chi connectivity index (χ0n) is 19.8. The quantitative estimate of drug-likeness (QED) is 0.560. The van der Waals surface area contributed by atoms with E-state index in [4.69, 9.17) is 4.43 Å². The van der Waals surface area contributed by atoms with Gasteiger partial charge in [-0.3, -0.25) is 4.90 Å². The first-order valence-electron chi connectivity index (χ1n) is 11.2. The van der Waals surface area contributed by atoms with E-state index in [2.05, 4.69) is 63.0 Å². The average molecular weight is 440 g/mol. The van der Waals surface area contributed by atoms with Gasteiger partial charge in [0.15, 0.2) is 8.32 Å². The summed E-state index contributed by atoms with van der Waals surface area (Å²) in [6, 6.07) is 20.1. The first-order chi connectivity index (χ1) is 14.5. The predicted molar refractivity (Wildman–Crippen MR) is 129 cm³/mol. The molecule has 0 bridgehead atoms. The molecule has 3 rings (SSSR count). The summed E-state index contributed by atoms with van der Waals surface area (Å²) >= 11 is 0. The molecule has 0 saturated carbocycles. The molecule has 0 radical (unpaired) electrons. The third-order valence-corrected chi connectivity index (χ3v) is 12.0. The highest BCUT2D eigenvalue weighted by molar-refractivity contribution is 6.74. The first kappa shape index (κ1) is 23.7.